The second-order valence-corrected chi connectivity index (χ2v) is 12.0. The number of pyridine rings is 1. The van der Waals surface area contributed by atoms with Gasteiger partial charge in [0.25, 0.3) is 0 Å². The Kier molecular flexibility index (Phi) is 6.52. The minimum Gasteiger partial charge on any atom is -0.508 e. The van der Waals surface area contributed by atoms with E-state index >= 15 is 4.39 Å². The summed E-state index contributed by atoms with van der Waals surface area (Å²) in [4.78, 5) is 16.3. The van der Waals surface area contributed by atoms with Crippen LogP contribution in [0.15, 0.2) is 54.9 Å². The van der Waals surface area contributed by atoms with Crippen molar-refractivity contribution in [2.24, 2.45) is 0 Å². The predicted octanol–water partition coefficient (Wildman–Crippen LogP) is 7.02. The van der Waals surface area contributed by atoms with E-state index in [1.165, 1.54) is 24.4 Å². The van der Waals surface area contributed by atoms with Gasteiger partial charge in [-0.1, -0.05) is 13.0 Å². The third-order valence-corrected chi connectivity index (χ3v) is 9.41. The largest absolute Gasteiger partial charge is 0.508 e. The van der Waals surface area contributed by atoms with E-state index in [-0.39, 0.29) is 34.1 Å². The molecule has 6 aromatic rings. The summed E-state index contributed by atoms with van der Waals surface area (Å²) in [7, 11) is 0. The Morgan fingerprint density at radius 2 is 1.84 bits per heavy atom. The Balaban J connectivity index is 1.28. The van der Waals surface area contributed by atoms with E-state index in [0.29, 0.717) is 46.3 Å². The molecule has 3 aromatic carbocycles. The van der Waals surface area contributed by atoms with E-state index in [1.54, 1.807) is 12.3 Å². The highest BCUT2D eigenvalue weighted by Crippen LogP contribution is 2.41. The highest BCUT2D eigenvalue weighted by atomic mass is 19.1. The van der Waals surface area contributed by atoms with Crippen LogP contribution in [0.1, 0.15) is 38.2 Å². The number of phenols is 1. The fourth-order valence-corrected chi connectivity index (χ4v) is 7.23. The van der Waals surface area contributed by atoms with Crippen molar-refractivity contribution in [3.63, 3.8) is 0 Å². The van der Waals surface area contributed by atoms with Gasteiger partial charge in [0, 0.05) is 22.8 Å². The lowest BCUT2D eigenvalue weighted by Gasteiger charge is -2.31. The summed E-state index contributed by atoms with van der Waals surface area (Å²) in [6.45, 7) is 4.34. The minimum absolute atomic E-state index is 0.00765. The van der Waals surface area contributed by atoms with Crippen LogP contribution in [0, 0.1) is 11.6 Å². The molecule has 0 saturated carbocycles. The lowest BCUT2D eigenvalue weighted by molar-refractivity contribution is 0.108. The van der Waals surface area contributed by atoms with Gasteiger partial charge in [0.15, 0.2) is 5.82 Å². The average molecular weight is 608 g/mol. The first-order valence-electron chi connectivity index (χ1n) is 15.3. The van der Waals surface area contributed by atoms with E-state index in [9.17, 15) is 9.50 Å². The van der Waals surface area contributed by atoms with Crippen LogP contribution in [0.5, 0.6) is 11.8 Å². The first-order valence-corrected chi connectivity index (χ1v) is 15.3. The zero-order chi connectivity index (χ0) is 30.7. The molecule has 2 saturated heterocycles. The predicted molar refractivity (Wildman–Crippen MR) is 169 cm³/mol. The maximum atomic E-state index is 16.7. The second-order valence-electron chi connectivity index (χ2n) is 12.0. The Hall–Kier alpha value is -4.90. The molecular weight excluding hydrogens is 576 g/mol. The van der Waals surface area contributed by atoms with Crippen molar-refractivity contribution in [2.75, 3.05) is 25.0 Å². The molecule has 45 heavy (non-hydrogen) atoms. The van der Waals surface area contributed by atoms with Gasteiger partial charge in [-0.25, -0.2) is 8.78 Å². The molecule has 0 aliphatic carbocycles. The number of nitrogens with one attached hydrogen (secondary N) is 2. The van der Waals surface area contributed by atoms with Crippen LogP contribution < -0.4 is 10.1 Å². The molecule has 9 nitrogen and oxygen atoms in total. The molecule has 3 N–H and O–H groups in total. The van der Waals surface area contributed by atoms with Gasteiger partial charge in [0.2, 0.25) is 0 Å². The Bertz CT molecular complexity index is 2100. The molecule has 3 aromatic heterocycles. The number of hydrogen-bond donors (Lipinski definition) is 3. The van der Waals surface area contributed by atoms with Crippen LogP contribution in [-0.2, 0) is 6.42 Å². The van der Waals surface area contributed by atoms with Gasteiger partial charge in [0.1, 0.15) is 35.2 Å². The number of aromatic hydroxyl groups is 1. The van der Waals surface area contributed by atoms with Crippen LogP contribution in [0.2, 0.25) is 0 Å². The van der Waals surface area contributed by atoms with Gasteiger partial charge in [-0.15, -0.1) is 0 Å². The summed E-state index contributed by atoms with van der Waals surface area (Å²) in [5, 5.41) is 23.3. The molecule has 0 atom stereocenters. The van der Waals surface area contributed by atoms with Gasteiger partial charge in [0.05, 0.1) is 22.6 Å². The number of ether oxygens (including phenoxy) is 1. The first kappa shape index (κ1) is 27.6. The van der Waals surface area contributed by atoms with Gasteiger partial charge < -0.3 is 15.2 Å². The number of nitrogens with zero attached hydrogens (tertiary/aromatic N) is 5. The summed E-state index contributed by atoms with van der Waals surface area (Å²) in [5.41, 5.74) is 2.15. The molecule has 5 heterocycles. The highest BCUT2D eigenvalue weighted by Gasteiger charge is 2.45. The lowest BCUT2D eigenvalue weighted by Crippen LogP contribution is -2.43. The normalized spacial score (nSPS) is 16.2. The number of anilines is 2. The topological polar surface area (TPSA) is 112 Å². The minimum atomic E-state index is -0.716. The van der Waals surface area contributed by atoms with Gasteiger partial charge in [-0.3, -0.25) is 15.0 Å². The second kappa shape index (κ2) is 10.6. The first-order chi connectivity index (χ1) is 21.9. The number of halogens is 2. The molecule has 8 rings (SSSR count). The fraction of sp³-hybridized carbons (Fsp3) is 0.294. The molecule has 0 spiro atoms. The summed E-state index contributed by atoms with van der Waals surface area (Å²) < 4.78 is 38.0. The van der Waals surface area contributed by atoms with Gasteiger partial charge in [-0.05, 0) is 97.9 Å². The number of aromatic nitrogens is 5. The fourth-order valence-electron chi connectivity index (χ4n) is 7.23. The Morgan fingerprint density at radius 1 is 1.02 bits per heavy atom. The van der Waals surface area contributed by atoms with Crippen molar-refractivity contribution in [1.29, 1.82) is 0 Å². The molecule has 2 aliphatic heterocycles. The van der Waals surface area contributed by atoms with E-state index < -0.39 is 11.6 Å². The monoisotopic (exact) mass is 607 g/mol. The Morgan fingerprint density at radius 3 is 2.67 bits per heavy atom. The summed E-state index contributed by atoms with van der Waals surface area (Å²) in [6, 6.07) is 11.6. The van der Waals surface area contributed by atoms with E-state index in [2.05, 4.69) is 30.4 Å². The number of aryl methyl sites for hydroxylation is 1. The highest BCUT2D eigenvalue weighted by molar-refractivity contribution is 6.02. The number of phenolic OH excluding ortho intramolecular Hbond substituents is 1. The maximum absolute atomic E-state index is 16.7. The number of aromatic amines is 1. The van der Waals surface area contributed by atoms with E-state index in [4.69, 9.17) is 9.72 Å². The molecular formula is C34H31F2N7O2. The number of H-pyrrole nitrogens is 1. The van der Waals surface area contributed by atoms with Crippen molar-refractivity contribution in [3.8, 4) is 23.0 Å². The standard InChI is InChI=1S/C34H31F2N7O2/c1-2-23-26(35)8-6-19-13-22(44)15-24(28(19)23)30-29(36)31-25(17-37-30)32(39-21-7-5-20-16-38-42-27(20)14-21)41-33(40-31)45-18-34-9-3-11-43(34)12-4-10-34/h5-8,13-17,44H,2-4,9-12,18H2,1H3,(H,38,42)(H,39,40,41). The van der Waals surface area contributed by atoms with E-state index in [0.717, 1.165) is 49.7 Å². The third kappa shape index (κ3) is 4.61. The zero-order valence-corrected chi connectivity index (χ0v) is 24.7. The summed E-state index contributed by atoms with van der Waals surface area (Å²) >= 11 is 0. The van der Waals surface area contributed by atoms with Crippen molar-refractivity contribution in [2.45, 2.75) is 44.6 Å². The van der Waals surface area contributed by atoms with Crippen LogP contribution in [-0.4, -0.2) is 60.4 Å². The third-order valence-electron chi connectivity index (χ3n) is 9.41. The lowest BCUT2D eigenvalue weighted by atomic mass is 9.94. The van der Waals surface area contributed by atoms with Crippen molar-refractivity contribution < 1.29 is 18.6 Å². The molecule has 0 amide bonds. The molecule has 0 bridgehead atoms. The number of fused-ring (bicyclic) bond motifs is 4. The van der Waals surface area contributed by atoms with Crippen molar-refractivity contribution >= 4 is 44.1 Å². The SMILES string of the molecule is CCc1c(F)ccc2cc(O)cc(-c3ncc4c(Nc5ccc6cn[nH]c6c5)nc(OCC56CCCN5CCC6)nc4c3F)c12. The quantitative estimate of drug-likeness (QED) is 0.178. The zero-order valence-electron chi connectivity index (χ0n) is 24.7. The molecule has 0 unspecified atom stereocenters. The van der Waals surface area contributed by atoms with Gasteiger partial charge in [-0.2, -0.15) is 15.1 Å². The van der Waals surface area contributed by atoms with Crippen LogP contribution in [0.4, 0.5) is 20.3 Å². The molecule has 2 fully saturated rings. The molecule has 2 aliphatic rings. The number of rotatable bonds is 7. The van der Waals surface area contributed by atoms with Crippen LogP contribution in [0.3, 0.4) is 0 Å². The van der Waals surface area contributed by atoms with Crippen molar-refractivity contribution in [1.82, 2.24) is 30.0 Å². The maximum Gasteiger partial charge on any atom is 0.319 e. The molecule has 0 radical (unpaired) electrons. The van der Waals surface area contributed by atoms with Crippen molar-refractivity contribution in [3.05, 3.63) is 72.1 Å². The molecule has 228 valence electrons. The Labute approximate surface area is 257 Å². The molecule has 11 heteroatoms. The summed E-state index contributed by atoms with van der Waals surface area (Å²) in [6.07, 6.45) is 7.94. The smallest absolute Gasteiger partial charge is 0.319 e. The van der Waals surface area contributed by atoms with Gasteiger partial charge >= 0.3 is 6.01 Å². The van der Waals surface area contributed by atoms with Crippen LogP contribution >= 0.6 is 0 Å². The average Bonchev–Trinajstić information content (AvgIpc) is 3.76. The van der Waals surface area contributed by atoms with E-state index in [1.807, 2.05) is 25.1 Å². The number of hydrogen-bond acceptors (Lipinski definition) is 8. The number of benzene rings is 3. The van der Waals surface area contributed by atoms with Crippen LogP contribution in [0.25, 0.3) is 43.8 Å². The summed E-state index contributed by atoms with van der Waals surface area (Å²) in [5.74, 6) is -0.858.